The van der Waals surface area contributed by atoms with Crippen LogP contribution in [0.4, 0.5) is 0 Å². The van der Waals surface area contributed by atoms with Gasteiger partial charge in [-0.2, -0.15) is 0 Å². The third kappa shape index (κ3) is 4.43. The zero-order chi connectivity index (χ0) is 15.4. The molecule has 0 fully saturated rings. The minimum Gasteiger partial charge on any atom is -0.460 e. The lowest BCUT2D eigenvalue weighted by Gasteiger charge is -2.37. The van der Waals surface area contributed by atoms with E-state index in [1.54, 1.807) is 0 Å². The number of esters is 1. The number of carbonyl (C=O) groups excluding carboxylic acids is 1. The Bertz CT molecular complexity index is 469. The highest BCUT2D eigenvalue weighted by molar-refractivity contribution is 6.92. The molecule has 1 aromatic carbocycles. The van der Waals surface area contributed by atoms with Crippen LogP contribution in [0.25, 0.3) is 0 Å². The molecule has 1 rings (SSSR count). The van der Waals surface area contributed by atoms with Gasteiger partial charge >= 0.3 is 5.97 Å². The van der Waals surface area contributed by atoms with Crippen molar-refractivity contribution in [3.8, 4) is 0 Å². The first-order valence-corrected chi connectivity index (χ1v) is 12.7. The van der Waals surface area contributed by atoms with E-state index in [0.717, 1.165) is 0 Å². The van der Waals surface area contributed by atoms with Gasteiger partial charge in [0.2, 0.25) is 16.6 Å². The van der Waals surface area contributed by atoms with Crippen LogP contribution in [0.1, 0.15) is 6.92 Å². The fourth-order valence-corrected chi connectivity index (χ4v) is 9.79. The molecular formula is C15H24O3Si2. The standard InChI is InChI=1S/C15H24O3Si2/c1-7-15(16)17-13(2)19(3,4)18-20(5,6)14-11-9-8-10-12-14/h7-13H,1H2,2-6H3. The fourth-order valence-electron chi connectivity index (χ4n) is 2.00. The van der Waals surface area contributed by atoms with Gasteiger partial charge in [-0.3, -0.25) is 0 Å². The summed E-state index contributed by atoms with van der Waals surface area (Å²) < 4.78 is 11.8. The zero-order valence-corrected chi connectivity index (χ0v) is 15.0. The molecule has 110 valence electrons. The van der Waals surface area contributed by atoms with Gasteiger partial charge in [0.05, 0.1) is 0 Å². The number of hydrogen-bond acceptors (Lipinski definition) is 3. The molecule has 0 aromatic heterocycles. The molecule has 20 heavy (non-hydrogen) atoms. The van der Waals surface area contributed by atoms with Gasteiger partial charge in [0.15, 0.2) is 0 Å². The van der Waals surface area contributed by atoms with Crippen molar-refractivity contribution in [2.24, 2.45) is 0 Å². The van der Waals surface area contributed by atoms with Crippen LogP contribution >= 0.6 is 0 Å². The minimum absolute atomic E-state index is 0.205. The Balaban J connectivity index is 2.83. The van der Waals surface area contributed by atoms with Gasteiger partial charge in [-0.05, 0) is 38.3 Å². The third-order valence-electron chi connectivity index (χ3n) is 3.43. The number of hydrogen-bond donors (Lipinski definition) is 0. The van der Waals surface area contributed by atoms with E-state index < -0.39 is 16.6 Å². The maximum Gasteiger partial charge on any atom is 0.330 e. The highest BCUT2D eigenvalue weighted by Crippen LogP contribution is 2.20. The van der Waals surface area contributed by atoms with Crippen molar-refractivity contribution in [3.63, 3.8) is 0 Å². The van der Waals surface area contributed by atoms with Gasteiger partial charge in [0, 0.05) is 6.08 Å². The van der Waals surface area contributed by atoms with E-state index in [4.69, 9.17) is 8.85 Å². The Morgan fingerprint density at radius 3 is 2.25 bits per heavy atom. The van der Waals surface area contributed by atoms with Crippen LogP contribution in [0, 0.1) is 0 Å². The molecule has 1 aromatic rings. The zero-order valence-electron chi connectivity index (χ0n) is 13.0. The Morgan fingerprint density at radius 1 is 1.20 bits per heavy atom. The molecule has 0 aliphatic carbocycles. The summed E-state index contributed by atoms with van der Waals surface area (Å²) in [5.41, 5.74) is -0.205. The summed E-state index contributed by atoms with van der Waals surface area (Å²) in [6, 6.07) is 10.3. The molecule has 0 saturated heterocycles. The second-order valence-electron chi connectivity index (χ2n) is 5.87. The van der Waals surface area contributed by atoms with Crippen molar-refractivity contribution in [1.82, 2.24) is 0 Å². The molecule has 1 unspecified atom stereocenters. The highest BCUT2D eigenvalue weighted by atomic mass is 28.4. The Kier molecular flexibility index (Phi) is 5.50. The Morgan fingerprint density at radius 2 is 1.75 bits per heavy atom. The summed E-state index contributed by atoms with van der Waals surface area (Å²) in [7, 11) is -4.13. The van der Waals surface area contributed by atoms with Gasteiger partial charge in [-0.25, -0.2) is 4.79 Å². The highest BCUT2D eigenvalue weighted by Gasteiger charge is 2.40. The first-order valence-electron chi connectivity index (χ1n) is 6.78. The molecule has 0 aliphatic heterocycles. The molecule has 0 N–H and O–H groups in total. The smallest absolute Gasteiger partial charge is 0.330 e. The van der Waals surface area contributed by atoms with Crippen molar-refractivity contribution in [2.45, 2.75) is 38.8 Å². The summed E-state index contributed by atoms with van der Waals surface area (Å²) in [5, 5.41) is 1.25. The lowest BCUT2D eigenvalue weighted by atomic mass is 10.4. The first kappa shape index (κ1) is 16.9. The van der Waals surface area contributed by atoms with E-state index in [2.05, 4.69) is 44.9 Å². The quantitative estimate of drug-likeness (QED) is 0.460. The largest absolute Gasteiger partial charge is 0.460 e. The molecule has 5 heteroatoms. The van der Waals surface area contributed by atoms with Crippen LogP contribution in [-0.2, 0) is 13.6 Å². The number of rotatable bonds is 6. The molecule has 0 saturated carbocycles. The lowest BCUT2D eigenvalue weighted by molar-refractivity contribution is -0.139. The van der Waals surface area contributed by atoms with Crippen molar-refractivity contribution < 1.29 is 13.6 Å². The van der Waals surface area contributed by atoms with E-state index >= 15 is 0 Å². The second kappa shape index (κ2) is 6.52. The topological polar surface area (TPSA) is 35.5 Å². The van der Waals surface area contributed by atoms with E-state index in [9.17, 15) is 4.79 Å². The van der Waals surface area contributed by atoms with Crippen molar-refractivity contribution >= 4 is 27.8 Å². The molecule has 0 heterocycles. The lowest BCUT2D eigenvalue weighted by Crippen LogP contribution is -2.57. The number of carbonyl (C=O) groups is 1. The number of benzene rings is 1. The maximum absolute atomic E-state index is 11.3. The fraction of sp³-hybridized carbons (Fsp3) is 0.400. The van der Waals surface area contributed by atoms with E-state index in [1.165, 1.54) is 11.3 Å². The summed E-state index contributed by atoms with van der Waals surface area (Å²) in [6.07, 6.45) is 1.20. The summed E-state index contributed by atoms with van der Waals surface area (Å²) in [4.78, 5) is 11.3. The average molecular weight is 309 g/mol. The van der Waals surface area contributed by atoms with E-state index in [0.29, 0.717) is 0 Å². The minimum atomic E-state index is -2.13. The van der Waals surface area contributed by atoms with Gasteiger partial charge in [0.1, 0.15) is 5.73 Å². The monoisotopic (exact) mass is 308 g/mol. The van der Waals surface area contributed by atoms with Crippen LogP contribution < -0.4 is 5.19 Å². The van der Waals surface area contributed by atoms with Crippen molar-refractivity contribution in [2.75, 3.05) is 0 Å². The van der Waals surface area contributed by atoms with Crippen molar-refractivity contribution in [1.29, 1.82) is 0 Å². The molecule has 0 bridgehead atoms. The number of ether oxygens (including phenoxy) is 1. The molecule has 0 amide bonds. The van der Waals surface area contributed by atoms with E-state index in [-0.39, 0.29) is 11.7 Å². The summed E-state index contributed by atoms with van der Waals surface area (Å²) >= 11 is 0. The van der Waals surface area contributed by atoms with Gasteiger partial charge in [-0.1, -0.05) is 36.9 Å². The van der Waals surface area contributed by atoms with Gasteiger partial charge in [-0.15, -0.1) is 0 Å². The molecule has 3 nitrogen and oxygen atoms in total. The first-order chi connectivity index (χ1) is 9.19. The van der Waals surface area contributed by atoms with Gasteiger partial charge < -0.3 is 8.85 Å². The Labute approximate surface area is 123 Å². The van der Waals surface area contributed by atoms with Crippen LogP contribution in [0.15, 0.2) is 43.0 Å². The van der Waals surface area contributed by atoms with Crippen LogP contribution in [0.3, 0.4) is 0 Å². The third-order valence-corrected chi connectivity index (χ3v) is 11.4. The normalized spacial score (nSPS) is 13.7. The van der Waals surface area contributed by atoms with Crippen LogP contribution in [0.5, 0.6) is 0 Å². The maximum atomic E-state index is 11.3. The molecule has 1 atom stereocenters. The van der Waals surface area contributed by atoms with Crippen molar-refractivity contribution in [3.05, 3.63) is 43.0 Å². The SMILES string of the molecule is C=CC(=O)OC(C)[Si](C)(C)O[Si](C)(C)c1ccccc1. The summed E-state index contributed by atoms with van der Waals surface area (Å²) in [6.45, 7) is 13.9. The predicted octanol–water partition coefficient (Wildman–Crippen LogP) is 2.98. The van der Waals surface area contributed by atoms with Crippen LogP contribution in [-0.4, -0.2) is 28.3 Å². The molecular weight excluding hydrogens is 284 g/mol. The van der Waals surface area contributed by atoms with Gasteiger partial charge in [0.25, 0.3) is 0 Å². The molecule has 0 aliphatic rings. The van der Waals surface area contributed by atoms with Crippen LogP contribution in [0.2, 0.25) is 26.2 Å². The molecule has 0 radical (unpaired) electrons. The summed E-state index contributed by atoms with van der Waals surface area (Å²) in [5.74, 6) is -0.388. The Hall–Kier alpha value is -1.18. The average Bonchev–Trinajstić information content (AvgIpc) is 2.38. The molecule has 0 spiro atoms. The second-order valence-corrected chi connectivity index (χ2v) is 14.3. The predicted molar refractivity (Wildman–Crippen MR) is 87.9 cm³/mol. The van der Waals surface area contributed by atoms with E-state index in [1.807, 2.05) is 25.1 Å².